The van der Waals surface area contributed by atoms with Crippen LogP contribution in [0.1, 0.15) is 15.9 Å². The molecule has 0 N–H and O–H groups in total. The summed E-state index contributed by atoms with van der Waals surface area (Å²) in [5, 5.41) is 0.571. The van der Waals surface area contributed by atoms with Crippen molar-refractivity contribution >= 4 is 38.6 Å². The third kappa shape index (κ3) is 3.13. The van der Waals surface area contributed by atoms with Gasteiger partial charge in [-0.1, -0.05) is 53.6 Å². The van der Waals surface area contributed by atoms with Gasteiger partial charge in [0, 0.05) is 22.5 Å². The lowest BCUT2D eigenvalue weighted by molar-refractivity contribution is 0.104. The minimum absolute atomic E-state index is 0.0999. The Hall–Kier alpha value is -2.89. The molecule has 3 aromatic carbocycles. The lowest BCUT2D eigenvalue weighted by Crippen LogP contribution is -2.25. The van der Waals surface area contributed by atoms with Gasteiger partial charge in [-0.2, -0.15) is 0 Å². The average Bonchev–Trinajstić information content (AvgIpc) is 2.69. The van der Waals surface area contributed by atoms with Crippen molar-refractivity contribution in [1.82, 2.24) is 0 Å². The largest absolute Gasteiger partial charge is 0.314 e. The fraction of sp³-hybridized carbons (Fsp3) is 0.0455. The van der Waals surface area contributed by atoms with Gasteiger partial charge in [0.05, 0.1) is 10.6 Å². The number of carbonyl (C=O) groups excluding carboxylic acids is 1. The van der Waals surface area contributed by atoms with Crippen LogP contribution in [-0.2, 0) is 9.84 Å². The van der Waals surface area contributed by atoms with E-state index in [0.29, 0.717) is 22.0 Å². The number of Topliss-reactive ketones (excluding diaryl/α,β-unsaturated/α-hetero) is 1. The molecular weight excluding hydrogens is 394 g/mol. The zero-order valence-electron chi connectivity index (χ0n) is 15.0. The number of rotatable bonds is 3. The van der Waals surface area contributed by atoms with Gasteiger partial charge < -0.3 is 4.90 Å². The number of ketones is 1. The Bertz CT molecular complexity index is 1200. The van der Waals surface area contributed by atoms with Crippen molar-refractivity contribution in [1.29, 1.82) is 0 Å². The minimum atomic E-state index is -3.95. The van der Waals surface area contributed by atoms with Crippen LogP contribution in [0.4, 0.5) is 11.4 Å². The van der Waals surface area contributed by atoms with Crippen LogP contribution in [0.5, 0.6) is 0 Å². The van der Waals surface area contributed by atoms with Crippen molar-refractivity contribution in [2.45, 2.75) is 11.8 Å². The summed E-state index contributed by atoms with van der Waals surface area (Å²) in [5.41, 5.74) is 2.52. The zero-order chi connectivity index (χ0) is 19.9. The first-order chi connectivity index (χ1) is 13.4. The molecule has 0 radical (unpaired) electrons. The summed E-state index contributed by atoms with van der Waals surface area (Å²) in [4.78, 5) is 14.6. The summed E-state index contributed by atoms with van der Waals surface area (Å²) in [6.07, 6.45) is 1.39. The standard InChI is InChI=1S/C22H16ClNO3S/c1-15-6-8-16(9-7-15)22(25)21-14-24(18-12-10-17(23)11-13-18)19-4-2-3-5-20(19)28(21,26)27/h2-14H,1H3. The fourth-order valence-corrected chi connectivity index (χ4v) is 4.77. The molecule has 0 amide bonds. The molecule has 3 aromatic rings. The number of anilines is 2. The van der Waals surface area contributed by atoms with E-state index in [0.717, 1.165) is 5.56 Å². The monoisotopic (exact) mass is 409 g/mol. The second-order valence-electron chi connectivity index (χ2n) is 6.51. The van der Waals surface area contributed by atoms with E-state index < -0.39 is 15.6 Å². The fourth-order valence-electron chi connectivity index (χ4n) is 3.10. The van der Waals surface area contributed by atoms with Crippen LogP contribution >= 0.6 is 11.6 Å². The molecule has 0 saturated carbocycles. The van der Waals surface area contributed by atoms with Gasteiger partial charge in [-0.05, 0) is 43.3 Å². The summed E-state index contributed by atoms with van der Waals surface area (Å²) in [6.45, 7) is 1.91. The van der Waals surface area contributed by atoms with E-state index >= 15 is 0 Å². The Morgan fingerprint density at radius 1 is 0.893 bits per heavy atom. The van der Waals surface area contributed by atoms with Crippen LogP contribution < -0.4 is 4.90 Å². The van der Waals surface area contributed by atoms with Gasteiger partial charge in [0.2, 0.25) is 15.6 Å². The molecule has 0 aliphatic carbocycles. The highest BCUT2D eigenvalue weighted by molar-refractivity contribution is 7.96. The second kappa shape index (κ2) is 6.93. The summed E-state index contributed by atoms with van der Waals surface area (Å²) in [6, 6.07) is 20.5. The lowest BCUT2D eigenvalue weighted by Gasteiger charge is -2.28. The number of carbonyl (C=O) groups is 1. The van der Waals surface area contributed by atoms with E-state index in [9.17, 15) is 13.2 Å². The van der Waals surface area contributed by atoms with Gasteiger partial charge in [0.1, 0.15) is 4.91 Å². The third-order valence-corrected chi connectivity index (χ3v) is 6.64. The van der Waals surface area contributed by atoms with Gasteiger partial charge in [0.15, 0.2) is 0 Å². The Balaban J connectivity index is 1.90. The van der Waals surface area contributed by atoms with Crippen molar-refractivity contribution in [2.75, 3.05) is 4.90 Å². The molecule has 0 saturated heterocycles. The smallest absolute Gasteiger partial charge is 0.214 e. The zero-order valence-corrected chi connectivity index (χ0v) is 16.5. The first-order valence-electron chi connectivity index (χ1n) is 8.60. The van der Waals surface area contributed by atoms with Crippen LogP contribution in [0.2, 0.25) is 5.02 Å². The number of para-hydroxylation sites is 1. The summed E-state index contributed by atoms with van der Waals surface area (Å²) in [5.74, 6) is -0.534. The van der Waals surface area contributed by atoms with Gasteiger partial charge in [-0.3, -0.25) is 4.79 Å². The van der Waals surface area contributed by atoms with Gasteiger partial charge in [-0.15, -0.1) is 0 Å². The first kappa shape index (κ1) is 18.5. The van der Waals surface area contributed by atoms with Gasteiger partial charge in [-0.25, -0.2) is 8.42 Å². The highest BCUT2D eigenvalue weighted by Gasteiger charge is 2.35. The number of sulfone groups is 1. The molecule has 4 nitrogen and oxygen atoms in total. The molecule has 0 atom stereocenters. The predicted molar refractivity (Wildman–Crippen MR) is 111 cm³/mol. The van der Waals surface area contributed by atoms with Crippen LogP contribution in [0.3, 0.4) is 0 Å². The van der Waals surface area contributed by atoms with Crippen molar-refractivity contribution in [2.24, 2.45) is 0 Å². The first-order valence-corrected chi connectivity index (χ1v) is 10.5. The Morgan fingerprint density at radius 2 is 1.54 bits per heavy atom. The van der Waals surface area contributed by atoms with E-state index in [4.69, 9.17) is 11.6 Å². The maximum atomic E-state index is 13.2. The Morgan fingerprint density at radius 3 is 2.21 bits per heavy atom. The highest BCUT2D eigenvalue weighted by atomic mass is 35.5. The third-order valence-electron chi connectivity index (χ3n) is 4.59. The van der Waals surface area contributed by atoms with Gasteiger partial charge in [0.25, 0.3) is 0 Å². The average molecular weight is 410 g/mol. The number of aryl methyl sites for hydroxylation is 1. The minimum Gasteiger partial charge on any atom is -0.314 e. The molecule has 0 bridgehead atoms. The molecule has 0 unspecified atom stereocenters. The van der Waals surface area contributed by atoms with E-state index in [1.54, 1.807) is 71.6 Å². The number of benzene rings is 3. The maximum Gasteiger partial charge on any atom is 0.214 e. The van der Waals surface area contributed by atoms with Crippen LogP contribution in [-0.4, -0.2) is 14.2 Å². The number of allylic oxidation sites excluding steroid dienone is 1. The van der Waals surface area contributed by atoms with Crippen molar-refractivity contribution in [3.05, 3.63) is 100 Å². The van der Waals surface area contributed by atoms with Crippen LogP contribution in [0, 0.1) is 6.92 Å². The molecule has 1 heterocycles. The number of hydrogen-bond acceptors (Lipinski definition) is 4. The van der Waals surface area contributed by atoms with E-state index in [1.165, 1.54) is 12.3 Å². The van der Waals surface area contributed by atoms with Crippen molar-refractivity contribution in [3.8, 4) is 0 Å². The van der Waals surface area contributed by atoms with E-state index in [1.807, 2.05) is 6.92 Å². The molecule has 0 fully saturated rings. The quantitative estimate of drug-likeness (QED) is 0.551. The number of nitrogens with zero attached hydrogens (tertiary/aromatic N) is 1. The molecule has 140 valence electrons. The maximum absolute atomic E-state index is 13.2. The molecular formula is C22H16ClNO3S. The highest BCUT2D eigenvalue weighted by Crippen LogP contribution is 2.40. The summed E-state index contributed by atoms with van der Waals surface area (Å²) in [7, 11) is -3.95. The summed E-state index contributed by atoms with van der Waals surface area (Å²) < 4.78 is 26.4. The number of halogens is 1. The lowest BCUT2D eigenvalue weighted by atomic mass is 10.1. The molecule has 28 heavy (non-hydrogen) atoms. The summed E-state index contributed by atoms with van der Waals surface area (Å²) >= 11 is 5.98. The van der Waals surface area contributed by atoms with Crippen molar-refractivity contribution < 1.29 is 13.2 Å². The SMILES string of the molecule is Cc1ccc(C(=O)C2=CN(c3ccc(Cl)cc3)c3ccccc3S2(=O)=O)cc1. The molecule has 0 aromatic heterocycles. The normalized spacial score (nSPS) is 14.9. The van der Waals surface area contributed by atoms with Gasteiger partial charge >= 0.3 is 0 Å². The van der Waals surface area contributed by atoms with E-state index in [-0.39, 0.29) is 9.80 Å². The molecule has 6 heteroatoms. The van der Waals surface area contributed by atoms with Crippen LogP contribution in [0.25, 0.3) is 0 Å². The topological polar surface area (TPSA) is 54.5 Å². The van der Waals surface area contributed by atoms with Crippen molar-refractivity contribution in [3.63, 3.8) is 0 Å². The molecule has 4 rings (SSSR count). The van der Waals surface area contributed by atoms with E-state index in [2.05, 4.69) is 0 Å². The predicted octanol–water partition coefficient (Wildman–Crippen LogP) is 5.30. The molecule has 0 spiro atoms. The second-order valence-corrected chi connectivity index (χ2v) is 8.83. The Labute approximate surface area is 168 Å². The Kier molecular flexibility index (Phi) is 4.57. The van der Waals surface area contributed by atoms with Crippen LogP contribution in [0.15, 0.2) is 88.8 Å². The molecule has 1 aliphatic heterocycles. The number of hydrogen-bond donors (Lipinski definition) is 0. The molecule has 1 aliphatic rings. The number of fused-ring (bicyclic) bond motifs is 1.